The monoisotopic (exact) mass is 336 g/mol. The van der Waals surface area contributed by atoms with Crippen LogP contribution in [-0.4, -0.2) is 50.4 Å². The van der Waals surface area contributed by atoms with E-state index < -0.39 is 0 Å². The molecular weight excluding hydrogens is 316 g/mol. The number of aromatic nitrogens is 4. The lowest BCUT2D eigenvalue weighted by Gasteiger charge is -2.25. The van der Waals surface area contributed by atoms with Crippen LogP contribution in [0.4, 0.5) is 0 Å². The van der Waals surface area contributed by atoms with Crippen molar-refractivity contribution < 1.29 is 4.79 Å². The summed E-state index contributed by atoms with van der Waals surface area (Å²) in [7, 11) is 0. The van der Waals surface area contributed by atoms with Gasteiger partial charge in [-0.15, -0.1) is 5.10 Å². The SMILES string of the molecule is Cc1ccc2ncc(Cn3cc(CN4CCNC(=O)C4)nn3)cc2c1. The van der Waals surface area contributed by atoms with Crippen LogP contribution < -0.4 is 5.32 Å². The molecule has 2 aromatic heterocycles. The van der Waals surface area contributed by atoms with E-state index in [-0.39, 0.29) is 5.91 Å². The molecule has 0 aliphatic carbocycles. The number of fused-ring (bicyclic) bond motifs is 1. The highest BCUT2D eigenvalue weighted by Gasteiger charge is 2.17. The smallest absolute Gasteiger partial charge is 0.234 e. The molecule has 3 aromatic rings. The molecule has 3 heterocycles. The van der Waals surface area contributed by atoms with Gasteiger partial charge in [0, 0.05) is 31.2 Å². The average molecular weight is 336 g/mol. The van der Waals surface area contributed by atoms with Crippen molar-refractivity contribution >= 4 is 16.8 Å². The molecule has 1 fully saturated rings. The first-order valence-corrected chi connectivity index (χ1v) is 8.39. The average Bonchev–Trinajstić information content (AvgIpc) is 3.01. The predicted octanol–water partition coefficient (Wildman–Crippen LogP) is 1.11. The Morgan fingerprint density at radius 3 is 3.04 bits per heavy atom. The standard InChI is InChI=1S/C18H20N6O/c1-13-2-3-17-15(6-13)7-14(8-20-17)9-24-11-16(21-22-24)10-23-5-4-19-18(25)12-23/h2-3,6-8,11H,4-5,9-10,12H2,1H3,(H,19,25). The third-order valence-corrected chi connectivity index (χ3v) is 4.33. The molecule has 1 amide bonds. The highest BCUT2D eigenvalue weighted by atomic mass is 16.2. The van der Waals surface area contributed by atoms with Gasteiger partial charge in [0.15, 0.2) is 0 Å². The Morgan fingerprint density at radius 2 is 2.16 bits per heavy atom. The molecule has 1 aliphatic heterocycles. The number of carbonyl (C=O) groups is 1. The molecule has 1 N–H and O–H groups in total. The summed E-state index contributed by atoms with van der Waals surface area (Å²) in [4.78, 5) is 18.0. The van der Waals surface area contributed by atoms with Crippen LogP contribution >= 0.6 is 0 Å². The van der Waals surface area contributed by atoms with Crippen molar-refractivity contribution in [2.45, 2.75) is 20.0 Å². The number of amides is 1. The molecule has 7 nitrogen and oxygen atoms in total. The topological polar surface area (TPSA) is 75.9 Å². The van der Waals surface area contributed by atoms with E-state index in [9.17, 15) is 4.79 Å². The van der Waals surface area contributed by atoms with Gasteiger partial charge in [-0.1, -0.05) is 16.8 Å². The molecule has 4 rings (SSSR count). The molecule has 0 saturated carbocycles. The van der Waals surface area contributed by atoms with Crippen molar-refractivity contribution in [3.8, 4) is 0 Å². The molecule has 0 unspecified atom stereocenters. The minimum Gasteiger partial charge on any atom is -0.354 e. The Labute approximate surface area is 145 Å². The second-order valence-corrected chi connectivity index (χ2v) is 6.51. The summed E-state index contributed by atoms with van der Waals surface area (Å²) < 4.78 is 1.82. The second-order valence-electron chi connectivity index (χ2n) is 6.51. The van der Waals surface area contributed by atoms with E-state index in [2.05, 4.69) is 50.6 Å². The first-order valence-electron chi connectivity index (χ1n) is 8.39. The highest BCUT2D eigenvalue weighted by molar-refractivity contribution is 5.79. The maximum absolute atomic E-state index is 11.4. The fraction of sp³-hybridized carbons (Fsp3) is 0.333. The van der Waals surface area contributed by atoms with Gasteiger partial charge in [-0.2, -0.15) is 0 Å². The lowest BCUT2D eigenvalue weighted by molar-refractivity contribution is -0.124. The summed E-state index contributed by atoms with van der Waals surface area (Å²) in [6.45, 7) is 5.30. The van der Waals surface area contributed by atoms with Gasteiger partial charge in [-0.25, -0.2) is 4.68 Å². The van der Waals surface area contributed by atoms with Crippen molar-refractivity contribution in [3.63, 3.8) is 0 Å². The molecule has 128 valence electrons. The molecule has 0 bridgehead atoms. The van der Waals surface area contributed by atoms with Gasteiger partial charge in [-0.3, -0.25) is 14.7 Å². The zero-order valence-electron chi connectivity index (χ0n) is 14.1. The molecule has 0 atom stereocenters. The van der Waals surface area contributed by atoms with Gasteiger partial charge >= 0.3 is 0 Å². The van der Waals surface area contributed by atoms with Crippen molar-refractivity contribution in [3.05, 3.63) is 53.5 Å². The zero-order valence-corrected chi connectivity index (χ0v) is 14.1. The van der Waals surface area contributed by atoms with Crippen LogP contribution in [0, 0.1) is 6.92 Å². The van der Waals surface area contributed by atoms with E-state index in [0.29, 0.717) is 26.2 Å². The van der Waals surface area contributed by atoms with Crippen molar-refractivity contribution in [1.29, 1.82) is 0 Å². The van der Waals surface area contributed by atoms with Crippen LogP contribution in [-0.2, 0) is 17.9 Å². The van der Waals surface area contributed by atoms with Crippen LogP contribution in [0.1, 0.15) is 16.8 Å². The first-order chi connectivity index (χ1) is 12.2. The van der Waals surface area contributed by atoms with E-state index in [1.54, 1.807) is 0 Å². The van der Waals surface area contributed by atoms with Gasteiger partial charge in [0.1, 0.15) is 0 Å². The van der Waals surface area contributed by atoms with Crippen LogP contribution in [0.25, 0.3) is 10.9 Å². The molecular formula is C18H20N6O. The fourth-order valence-electron chi connectivity index (χ4n) is 3.11. The number of nitrogens with one attached hydrogen (secondary N) is 1. The number of carbonyl (C=O) groups excluding carboxylic acids is 1. The normalized spacial score (nSPS) is 15.5. The van der Waals surface area contributed by atoms with Crippen LogP contribution in [0.15, 0.2) is 36.7 Å². The van der Waals surface area contributed by atoms with Crippen LogP contribution in [0.3, 0.4) is 0 Å². The third-order valence-electron chi connectivity index (χ3n) is 4.33. The maximum Gasteiger partial charge on any atom is 0.234 e. The van der Waals surface area contributed by atoms with Gasteiger partial charge < -0.3 is 5.32 Å². The van der Waals surface area contributed by atoms with Gasteiger partial charge in [0.2, 0.25) is 5.91 Å². The summed E-state index contributed by atoms with van der Waals surface area (Å²) >= 11 is 0. The van der Waals surface area contributed by atoms with Crippen LogP contribution in [0.2, 0.25) is 0 Å². The summed E-state index contributed by atoms with van der Waals surface area (Å²) in [6.07, 6.45) is 3.82. The molecule has 1 saturated heterocycles. The van der Waals surface area contributed by atoms with E-state index in [4.69, 9.17) is 0 Å². The lowest BCUT2D eigenvalue weighted by atomic mass is 10.1. The largest absolute Gasteiger partial charge is 0.354 e. The van der Waals surface area contributed by atoms with Gasteiger partial charge in [0.25, 0.3) is 0 Å². The molecule has 1 aromatic carbocycles. The number of pyridine rings is 1. The minimum atomic E-state index is 0.0659. The molecule has 25 heavy (non-hydrogen) atoms. The Balaban J connectivity index is 1.46. The van der Waals surface area contributed by atoms with E-state index in [1.807, 2.05) is 23.1 Å². The third kappa shape index (κ3) is 3.66. The predicted molar refractivity (Wildman–Crippen MR) is 93.9 cm³/mol. The molecule has 0 radical (unpaired) electrons. The Bertz CT molecular complexity index is 919. The summed E-state index contributed by atoms with van der Waals surface area (Å²) in [6, 6.07) is 8.39. The minimum absolute atomic E-state index is 0.0659. The van der Waals surface area contributed by atoms with E-state index >= 15 is 0 Å². The lowest BCUT2D eigenvalue weighted by Crippen LogP contribution is -2.47. The Hall–Kier alpha value is -2.80. The van der Waals surface area contributed by atoms with E-state index in [0.717, 1.165) is 28.7 Å². The summed E-state index contributed by atoms with van der Waals surface area (Å²) in [5.41, 5.74) is 4.18. The second kappa shape index (κ2) is 6.60. The number of benzene rings is 1. The van der Waals surface area contributed by atoms with Crippen molar-refractivity contribution in [2.24, 2.45) is 0 Å². The number of rotatable bonds is 4. The van der Waals surface area contributed by atoms with E-state index in [1.165, 1.54) is 5.56 Å². The van der Waals surface area contributed by atoms with Crippen LogP contribution in [0.5, 0.6) is 0 Å². The number of hydrogen-bond donors (Lipinski definition) is 1. The van der Waals surface area contributed by atoms with Gasteiger partial charge in [-0.05, 0) is 30.7 Å². The zero-order chi connectivity index (χ0) is 17.2. The maximum atomic E-state index is 11.4. The summed E-state index contributed by atoms with van der Waals surface area (Å²) in [5.74, 6) is 0.0659. The summed E-state index contributed by atoms with van der Waals surface area (Å²) in [5, 5.41) is 12.4. The van der Waals surface area contributed by atoms with Gasteiger partial charge in [0.05, 0.1) is 30.5 Å². The highest BCUT2D eigenvalue weighted by Crippen LogP contribution is 2.16. The molecule has 1 aliphatic rings. The number of hydrogen-bond acceptors (Lipinski definition) is 5. The quantitative estimate of drug-likeness (QED) is 0.772. The first kappa shape index (κ1) is 15.7. The number of nitrogens with zero attached hydrogens (tertiary/aromatic N) is 5. The molecule has 0 spiro atoms. The Morgan fingerprint density at radius 1 is 1.24 bits per heavy atom. The molecule has 7 heteroatoms. The van der Waals surface area contributed by atoms with Crippen molar-refractivity contribution in [1.82, 2.24) is 30.2 Å². The number of piperazine rings is 1. The number of aryl methyl sites for hydroxylation is 1. The Kier molecular flexibility index (Phi) is 4.15. The fourth-order valence-corrected chi connectivity index (χ4v) is 3.11. The van der Waals surface area contributed by atoms with Crippen molar-refractivity contribution in [2.75, 3.05) is 19.6 Å².